The number of rotatable bonds is 31. The molecule has 504 valence electrons. The lowest BCUT2D eigenvalue weighted by atomic mass is 10.1. The normalized spacial score (nSPS) is 13.3. The van der Waals surface area contributed by atoms with Crippen LogP contribution in [-0.2, 0) is 113 Å². The van der Waals surface area contributed by atoms with Crippen LogP contribution in [0.4, 0.5) is 0 Å². The third-order valence-electron chi connectivity index (χ3n) is 8.69. The smallest absolute Gasteiger partial charge is 0.480 e. The summed E-state index contributed by atoms with van der Waals surface area (Å²) in [6.07, 6.45) is 2.05. The number of amides is 3. The molecule has 1 aliphatic rings. The predicted octanol–water partition coefficient (Wildman–Crippen LogP) is 12.1. The van der Waals surface area contributed by atoms with Gasteiger partial charge in [0.1, 0.15) is 11.6 Å². The van der Waals surface area contributed by atoms with Crippen molar-refractivity contribution < 1.29 is 107 Å². The first-order valence-corrected chi connectivity index (χ1v) is 44.0. The van der Waals surface area contributed by atoms with E-state index >= 15 is 0 Å². The average Bonchev–Trinajstić information content (AvgIpc) is 1.83. The molecule has 0 fully saturated rings. The van der Waals surface area contributed by atoms with Crippen molar-refractivity contribution >= 4 is 151 Å². The molecule has 1 aromatic carbocycles. The Hall–Kier alpha value is -1.25. The summed E-state index contributed by atoms with van der Waals surface area (Å²) < 4.78 is 93.4. The minimum absolute atomic E-state index is 0.0869. The number of phosphoric acid groups is 1. The molecule has 0 saturated heterocycles. The monoisotopic (exact) mass is 1490 g/mol. The summed E-state index contributed by atoms with van der Waals surface area (Å²) in [6, 6.07) is 8.49. The number of aromatic nitrogens is 2. The topological polar surface area (TPSA) is 361 Å². The molecule has 5 N–H and O–H groups in total. The molecule has 2 heterocycles. The number of nitrogens with one attached hydrogen (secondary N) is 2. The minimum atomic E-state index is -4.10. The van der Waals surface area contributed by atoms with Crippen LogP contribution in [0, 0.1) is 6.92 Å². The summed E-state index contributed by atoms with van der Waals surface area (Å²) in [5.41, 5.74) is -2.86. The first-order valence-electron chi connectivity index (χ1n) is 25.3. The maximum atomic E-state index is 12.1. The van der Waals surface area contributed by atoms with Crippen LogP contribution >= 0.6 is 86.2 Å². The number of nitrogens with zero attached hydrogens (tertiary/aromatic N) is 3. The summed E-state index contributed by atoms with van der Waals surface area (Å²) in [5.74, 6) is -1.13. The maximum Gasteiger partial charge on any atom is 0.529 e. The Morgan fingerprint density at radius 1 is 0.770 bits per heavy atom. The fourth-order valence-corrected chi connectivity index (χ4v) is 20.1. The van der Waals surface area contributed by atoms with Gasteiger partial charge in [0.05, 0.1) is 69.4 Å². The Morgan fingerprint density at radius 3 is 1.62 bits per heavy atom. The fraction of sp³-hybridized carbons (Fsp3) is 0.630. The van der Waals surface area contributed by atoms with Crippen molar-refractivity contribution in [1.82, 2.24) is 25.3 Å². The number of carboxylic acid groups (broad SMARTS) is 1. The summed E-state index contributed by atoms with van der Waals surface area (Å²) in [6.45, 7) is 18.9. The fourth-order valence-electron chi connectivity index (χ4n) is 4.99. The Morgan fingerprint density at radius 2 is 1.26 bits per heavy atom. The van der Waals surface area contributed by atoms with Gasteiger partial charge < -0.3 is 51.3 Å². The number of carbonyl (C=O) groups excluding carboxylic acids is 4. The van der Waals surface area contributed by atoms with Crippen molar-refractivity contribution in [2.45, 2.75) is 93.7 Å². The van der Waals surface area contributed by atoms with Crippen LogP contribution in [0.3, 0.4) is 0 Å². The number of allylic oxidation sites excluding steroid dienone is 1. The molecule has 41 heteroatoms. The van der Waals surface area contributed by atoms with Crippen molar-refractivity contribution in [3.05, 3.63) is 64.8 Å². The van der Waals surface area contributed by atoms with E-state index < -0.39 is 65.0 Å². The largest absolute Gasteiger partial charge is 0.529 e. The molecule has 0 bridgehead atoms. The van der Waals surface area contributed by atoms with Gasteiger partial charge in [0.2, 0.25) is 23.2 Å². The maximum absolute atomic E-state index is 12.1. The van der Waals surface area contributed by atoms with E-state index in [1.54, 1.807) is 48.0 Å². The zero-order chi connectivity index (χ0) is 68.0. The second kappa shape index (κ2) is 45.9. The predicted molar refractivity (Wildman–Crippen MR) is 357 cm³/mol. The van der Waals surface area contributed by atoms with Crippen LogP contribution in [0.15, 0.2) is 42.2 Å². The first-order chi connectivity index (χ1) is 40.2. The van der Waals surface area contributed by atoms with Crippen LogP contribution in [0.1, 0.15) is 114 Å². The number of hydrogen-bond acceptors (Lipinski definition) is 30. The first kappa shape index (κ1) is 89.9. The van der Waals surface area contributed by atoms with E-state index in [2.05, 4.69) is 59.5 Å². The number of hydrogen-bond donors (Lipinski definition) is 5. The summed E-state index contributed by atoms with van der Waals surface area (Å²) in [7, 11) is 0.112. The van der Waals surface area contributed by atoms with Gasteiger partial charge in [-0.1, -0.05) is 69.5 Å². The van der Waals surface area contributed by atoms with Crippen molar-refractivity contribution in [3.8, 4) is 5.88 Å². The van der Waals surface area contributed by atoms with Crippen LogP contribution in [0.25, 0.3) is 0 Å². The molecule has 0 aliphatic carbocycles. The Labute approximate surface area is 543 Å². The second-order valence-corrected chi connectivity index (χ2v) is 42.9. The Bertz CT molecular complexity index is 2700. The molecule has 1 atom stereocenters. The molecule has 1 aromatic heterocycles. The number of methoxy groups -OCH3 is 1. The van der Waals surface area contributed by atoms with Gasteiger partial charge in [-0.3, -0.25) is 61.7 Å². The summed E-state index contributed by atoms with van der Waals surface area (Å²) >= 11 is 21.6. The Kier molecular flexibility index (Phi) is 47.5. The van der Waals surface area contributed by atoms with Gasteiger partial charge in [0, 0.05) is 81.8 Å². The standard InChI is InChI=1S/C12H21N2O3PS.C11H12NO4PS2.C9H21O2PS3.C7H13O6P.C4H10NO3PS.C3H8NO5P/c1-6-15-18(19,16-7-2)17-11-8-10(5)13-12(14-11)9(3)4;1-15-17(18,16-2)19-7-12-10(13)8-5-3-4-6-9(8)11(12)14;1-6-10-12(13,11-7-2)15-8-14-9(3,4)5;1-6(5-7(8)10-2)13-14(9,11-3)12-4;1-4(6)5-9(7,8-2)10-3;5-3(6)1-4-2-10(7,8)9/h8-9H,6-7H2,1-5H3;3-6H,7H2,1-2H3;6-8H2,1-5H3;5H,1-4H3;1-3H3,(H,5,6,7);4H,1-2H2,(H,5,6)(H2,7,8,9)/b;;;6-5+;;. The van der Waals surface area contributed by atoms with E-state index in [9.17, 15) is 37.7 Å². The van der Waals surface area contributed by atoms with E-state index in [1.165, 1.54) is 56.5 Å². The lowest BCUT2D eigenvalue weighted by molar-refractivity contribution is -0.136. The number of aryl methyl sites for hydroxylation is 1. The van der Waals surface area contributed by atoms with Gasteiger partial charge in [-0.05, 0) is 94.9 Å². The number of aliphatic carboxylic acids is 1. The molecule has 0 spiro atoms. The SMILES string of the molecule is CCOP(=S)(OCC)Oc1cc(C)nc(C(C)C)n1.CCOP(=S)(OCC)SCSC(C)(C)C.COC(=O)/C=C(\C)OP(=O)(OC)OC.COP(=O)(NC(C)=O)SC.COP(=S)(OC)SCN1C(=O)c2ccccc2C1=O.O=C(O)CNCP(=O)(O)O. The third kappa shape index (κ3) is 41.9. The molecule has 2 aromatic rings. The van der Waals surface area contributed by atoms with E-state index in [4.69, 9.17) is 86.5 Å². The quantitative estimate of drug-likeness (QED) is 0.0117. The van der Waals surface area contributed by atoms with Gasteiger partial charge in [0.15, 0.2) is 0 Å². The lowest BCUT2D eigenvalue weighted by Gasteiger charge is -2.22. The van der Waals surface area contributed by atoms with Crippen molar-refractivity contribution in [1.29, 1.82) is 0 Å². The number of carboxylic acids is 1. The van der Waals surface area contributed by atoms with E-state index in [-0.39, 0.29) is 40.0 Å². The van der Waals surface area contributed by atoms with Gasteiger partial charge in [-0.15, -0.1) is 11.8 Å². The van der Waals surface area contributed by atoms with Crippen molar-refractivity contribution in [3.63, 3.8) is 0 Å². The average molecular weight is 1490 g/mol. The van der Waals surface area contributed by atoms with Gasteiger partial charge in [-0.2, -0.15) is 4.98 Å². The highest BCUT2D eigenvalue weighted by Gasteiger charge is 2.36. The van der Waals surface area contributed by atoms with Crippen LogP contribution in [0.5, 0.6) is 5.88 Å². The molecule has 0 saturated carbocycles. The molecular weight excluding hydrogens is 1400 g/mol. The van der Waals surface area contributed by atoms with Crippen molar-refractivity contribution in [2.24, 2.45) is 0 Å². The third-order valence-corrected chi connectivity index (χ3v) is 29.8. The number of benzene rings is 1. The number of carbonyl (C=O) groups is 5. The van der Waals surface area contributed by atoms with Crippen LogP contribution in [0.2, 0.25) is 0 Å². The Balaban J connectivity index is -0.000000991. The number of thioether (sulfide) groups is 1. The molecule has 3 rings (SSSR count). The molecule has 28 nitrogen and oxygen atoms in total. The zero-order valence-corrected chi connectivity index (χ0v) is 63.2. The minimum Gasteiger partial charge on any atom is -0.480 e. The molecule has 1 unspecified atom stereocenters. The number of imide groups is 1. The highest BCUT2D eigenvalue weighted by Crippen LogP contribution is 2.62. The van der Waals surface area contributed by atoms with E-state index in [1.807, 2.05) is 60.2 Å². The number of phosphoric ester groups is 1. The molecule has 87 heavy (non-hydrogen) atoms. The van der Waals surface area contributed by atoms with Gasteiger partial charge in [-0.25, -0.2) is 14.3 Å². The molecule has 0 radical (unpaired) electrons. The van der Waals surface area contributed by atoms with Gasteiger partial charge >= 0.3 is 40.8 Å². The second-order valence-electron chi connectivity index (χ2n) is 17.0. The summed E-state index contributed by atoms with van der Waals surface area (Å²) in [5, 5.41) is 13.2. The molecule has 3 amide bonds. The number of ether oxygens (including phenoxy) is 1. The van der Waals surface area contributed by atoms with Crippen molar-refractivity contribution in [2.75, 3.05) is 99.1 Å². The van der Waals surface area contributed by atoms with Crippen LogP contribution in [-0.4, -0.2) is 163 Å². The highest BCUT2D eigenvalue weighted by molar-refractivity contribution is 8.69. The lowest BCUT2D eigenvalue weighted by Crippen LogP contribution is -2.29. The number of esters is 1. The van der Waals surface area contributed by atoms with Gasteiger partial charge in [0.25, 0.3) is 11.8 Å². The van der Waals surface area contributed by atoms with Crippen LogP contribution < -0.4 is 14.9 Å². The molecular formula is C46H85N5O23P6S7. The highest BCUT2D eigenvalue weighted by atomic mass is 32.9. The zero-order valence-electron chi connectivity index (χ0n) is 52.1. The molecule has 1 aliphatic heterocycles. The number of fused-ring (bicyclic) bond motifs is 1. The van der Waals surface area contributed by atoms with E-state index in [0.717, 1.165) is 50.3 Å². The summed E-state index contributed by atoms with van der Waals surface area (Å²) in [4.78, 5) is 81.3. The van der Waals surface area contributed by atoms with E-state index in [0.29, 0.717) is 43.4 Å².